The van der Waals surface area contributed by atoms with E-state index < -0.39 is 0 Å². The molecule has 0 aromatic carbocycles. The van der Waals surface area contributed by atoms with Gasteiger partial charge in [-0.1, -0.05) is 19.8 Å². The maximum atomic E-state index is 4.68. The molecule has 1 aromatic rings. The molecule has 1 saturated carbocycles. The molecule has 2 aliphatic rings. The van der Waals surface area contributed by atoms with E-state index in [1.165, 1.54) is 55.7 Å². The molecule has 2 unspecified atom stereocenters. The Morgan fingerprint density at radius 3 is 2.85 bits per heavy atom. The molecule has 4 heteroatoms. The van der Waals surface area contributed by atoms with Crippen LogP contribution in [0.5, 0.6) is 0 Å². The van der Waals surface area contributed by atoms with Gasteiger partial charge in [-0.2, -0.15) is 5.10 Å². The first-order valence-electron chi connectivity index (χ1n) is 8.22. The van der Waals surface area contributed by atoms with E-state index in [-0.39, 0.29) is 0 Å². The van der Waals surface area contributed by atoms with Gasteiger partial charge in [-0.05, 0) is 38.6 Å². The number of anilines is 1. The Bertz CT molecular complexity index is 465. The number of hydrogen-bond acceptors (Lipinski definition) is 3. The van der Waals surface area contributed by atoms with E-state index in [0.29, 0.717) is 0 Å². The lowest BCUT2D eigenvalue weighted by atomic mass is 9.85. The van der Waals surface area contributed by atoms with Gasteiger partial charge in [0.15, 0.2) is 0 Å². The third kappa shape index (κ3) is 2.34. The average molecular weight is 276 g/mol. The minimum absolute atomic E-state index is 0.763. The first-order valence-corrected chi connectivity index (χ1v) is 8.22. The molecule has 3 rings (SSSR count). The third-order valence-corrected chi connectivity index (χ3v) is 5.15. The monoisotopic (exact) mass is 276 g/mol. The summed E-state index contributed by atoms with van der Waals surface area (Å²) >= 11 is 0. The van der Waals surface area contributed by atoms with Crippen molar-refractivity contribution in [2.24, 2.45) is 13.0 Å². The zero-order chi connectivity index (χ0) is 14.1. The van der Waals surface area contributed by atoms with Crippen LogP contribution in [0.25, 0.3) is 0 Å². The van der Waals surface area contributed by atoms with Gasteiger partial charge in [0.1, 0.15) is 5.82 Å². The summed E-state index contributed by atoms with van der Waals surface area (Å²) in [6, 6.07) is 0.763. The Hall–Kier alpha value is -1.03. The predicted molar refractivity (Wildman–Crippen MR) is 83.0 cm³/mol. The zero-order valence-corrected chi connectivity index (χ0v) is 13.2. The SMILES string of the molecule is CCNCc1c(C)nn(C)c1N1CCC2CCCCC21. The van der Waals surface area contributed by atoms with Gasteiger partial charge < -0.3 is 10.2 Å². The van der Waals surface area contributed by atoms with Crippen molar-refractivity contribution in [3.05, 3.63) is 11.3 Å². The number of nitrogens with one attached hydrogen (secondary N) is 1. The number of fused-ring (bicyclic) bond motifs is 1. The van der Waals surface area contributed by atoms with Crippen LogP contribution in [-0.4, -0.2) is 28.9 Å². The smallest absolute Gasteiger partial charge is 0.131 e. The van der Waals surface area contributed by atoms with Crippen LogP contribution in [0, 0.1) is 12.8 Å². The summed E-state index contributed by atoms with van der Waals surface area (Å²) in [7, 11) is 2.11. The number of nitrogens with zero attached hydrogens (tertiary/aromatic N) is 3. The number of hydrogen-bond donors (Lipinski definition) is 1. The Morgan fingerprint density at radius 1 is 1.25 bits per heavy atom. The highest BCUT2D eigenvalue weighted by Crippen LogP contribution is 2.40. The second kappa shape index (κ2) is 5.76. The van der Waals surface area contributed by atoms with Gasteiger partial charge in [0.2, 0.25) is 0 Å². The van der Waals surface area contributed by atoms with Gasteiger partial charge in [-0.3, -0.25) is 4.68 Å². The fourth-order valence-corrected chi connectivity index (χ4v) is 4.17. The Labute approximate surface area is 122 Å². The molecule has 1 N–H and O–H groups in total. The van der Waals surface area contributed by atoms with Gasteiger partial charge in [-0.15, -0.1) is 0 Å². The summed E-state index contributed by atoms with van der Waals surface area (Å²) in [5.74, 6) is 2.30. The first-order chi connectivity index (χ1) is 9.72. The van der Waals surface area contributed by atoms with E-state index in [1.807, 2.05) is 0 Å². The predicted octanol–water partition coefficient (Wildman–Crippen LogP) is 2.61. The van der Waals surface area contributed by atoms with E-state index >= 15 is 0 Å². The normalized spacial score (nSPS) is 26.1. The second-order valence-electron chi connectivity index (χ2n) is 6.39. The van der Waals surface area contributed by atoms with Crippen molar-refractivity contribution in [3.63, 3.8) is 0 Å². The Balaban J connectivity index is 1.89. The highest BCUT2D eigenvalue weighted by atomic mass is 15.4. The van der Waals surface area contributed by atoms with Crippen molar-refractivity contribution in [3.8, 4) is 0 Å². The molecule has 0 spiro atoms. The maximum absolute atomic E-state index is 4.68. The van der Waals surface area contributed by atoms with Crippen molar-refractivity contribution >= 4 is 5.82 Å². The standard InChI is InChI=1S/C16H28N4/c1-4-17-11-14-12(2)18-19(3)16(14)20-10-9-13-7-5-6-8-15(13)20/h13,15,17H,4-11H2,1-3H3. The van der Waals surface area contributed by atoms with Crippen molar-refractivity contribution in [1.82, 2.24) is 15.1 Å². The van der Waals surface area contributed by atoms with Crippen LogP contribution in [-0.2, 0) is 13.6 Å². The minimum atomic E-state index is 0.763. The van der Waals surface area contributed by atoms with Crippen molar-refractivity contribution < 1.29 is 0 Å². The molecular formula is C16H28N4. The highest BCUT2D eigenvalue weighted by molar-refractivity contribution is 5.52. The molecule has 4 nitrogen and oxygen atoms in total. The van der Waals surface area contributed by atoms with E-state index in [2.05, 4.69) is 40.9 Å². The molecule has 1 aliphatic heterocycles. The van der Waals surface area contributed by atoms with Crippen LogP contribution in [0.4, 0.5) is 5.82 Å². The third-order valence-electron chi connectivity index (χ3n) is 5.15. The average Bonchev–Trinajstić information content (AvgIpc) is 2.97. The van der Waals surface area contributed by atoms with E-state index in [1.54, 1.807) is 0 Å². The molecule has 0 radical (unpaired) electrons. The van der Waals surface area contributed by atoms with Crippen LogP contribution in [0.3, 0.4) is 0 Å². The van der Waals surface area contributed by atoms with Crippen LogP contribution in [0.1, 0.15) is 50.3 Å². The largest absolute Gasteiger partial charge is 0.353 e. The highest BCUT2D eigenvalue weighted by Gasteiger charge is 2.38. The lowest BCUT2D eigenvalue weighted by Gasteiger charge is -2.33. The number of rotatable bonds is 4. The molecular weight excluding hydrogens is 248 g/mol. The van der Waals surface area contributed by atoms with E-state index in [0.717, 1.165) is 25.0 Å². The first kappa shape index (κ1) is 13.9. The van der Waals surface area contributed by atoms with Gasteiger partial charge in [0, 0.05) is 31.7 Å². The van der Waals surface area contributed by atoms with Crippen LogP contribution < -0.4 is 10.2 Å². The molecule has 0 amide bonds. The van der Waals surface area contributed by atoms with Gasteiger partial charge in [-0.25, -0.2) is 0 Å². The molecule has 1 aliphatic carbocycles. The molecule has 0 bridgehead atoms. The summed E-state index contributed by atoms with van der Waals surface area (Å²) in [6.45, 7) is 7.48. The number of aryl methyl sites for hydroxylation is 2. The zero-order valence-electron chi connectivity index (χ0n) is 13.2. The molecule has 2 fully saturated rings. The topological polar surface area (TPSA) is 33.1 Å². The molecule has 2 heterocycles. The summed E-state index contributed by atoms with van der Waals surface area (Å²) in [5.41, 5.74) is 2.59. The molecule has 112 valence electrons. The molecule has 1 aromatic heterocycles. The fraction of sp³-hybridized carbons (Fsp3) is 0.812. The fourth-order valence-electron chi connectivity index (χ4n) is 4.17. The van der Waals surface area contributed by atoms with Gasteiger partial charge >= 0.3 is 0 Å². The molecule has 2 atom stereocenters. The Morgan fingerprint density at radius 2 is 2.05 bits per heavy atom. The molecule has 20 heavy (non-hydrogen) atoms. The Kier molecular flexibility index (Phi) is 4.01. The van der Waals surface area contributed by atoms with Crippen molar-refractivity contribution in [2.75, 3.05) is 18.0 Å². The van der Waals surface area contributed by atoms with Crippen molar-refractivity contribution in [2.45, 2.75) is 58.5 Å². The summed E-state index contributed by atoms with van der Waals surface area (Å²) < 4.78 is 2.11. The van der Waals surface area contributed by atoms with Crippen molar-refractivity contribution in [1.29, 1.82) is 0 Å². The minimum Gasteiger partial charge on any atom is -0.353 e. The van der Waals surface area contributed by atoms with Crippen LogP contribution >= 0.6 is 0 Å². The van der Waals surface area contributed by atoms with Gasteiger partial charge in [0.05, 0.1) is 5.69 Å². The second-order valence-corrected chi connectivity index (χ2v) is 6.39. The number of aromatic nitrogens is 2. The van der Waals surface area contributed by atoms with E-state index in [9.17, 15) is 0 Å². The quantitative estimate of drug-likeness (QED) is 0.917. The lowest BCUT2D eigenvalue weighted by molar-refractivity contribution is 0.340. The summed E-state index contributed by atoms with van der Waals surface area (Å²) in [4.78, 5) is 2.66. The van der Waals surface area contributed by atoms with E-state index in [4.69, 9.17) is 0 Å². The van der Waals surface area contributed by atoms with Crippen LogP contribution in [0.2, 0.25) is 0 Å². The van der Waals surface area contributed by atoms with Crippen LogP contribution in [0.15, 0.2) is 0 Å². The van der Waals surface area contributed by atoms with Gasteiger partial charge in [0.25, 0.3) is 0 Å². The lowest BCUT2D eigenvalue weighted by Crippen LogP contribution is -2.36. The summed E-state index contributed by atoms with van der Waals surface area (Å²) in [6.07, 6.45) is 7.01. The molecule has 1 saturated heterocycles. The summed E-state index contributed by atoms with van der Waals surface area (Å²) in [5, 5.41) is 8.16. The maximum Gasteiger partial charge on any atom is 0.131 e.